The van der Waals surface area contributed by atoms with Crippen LogP contribution in [0.3, 0.4) is 0 Å². The minimum Gasteiger partial charge on any atom is -0.352 e. The van der Waals surface area contributed by atoms with Crippen molar-refractivity contribution in [1.82, 2.24) is 5.32 Å². The normalized spacial score (nSPS) is 10.5. The average Bonchev–Trinajstić information content (AvgIpc) is 2.84. The maximum absolute atomic E-state index is 11.8. The lowest BCUT2D eigenvalue weighted by Crippen LogP contribution is -2.22. The summed E-state index contributed by atoms with van der Waals surface area (Å²) in [5.74, 6) is 0.126. The van der Waals surface area contributed by atoms with E-state index in [1.165, 1.54) is 10.4 Å². The van der Waals surface area contributed by atoms with E-state index in [0.29, 0.717) is 13.0 Å². The summed E-state index contributed by atoms with van der Waals surface area (Å²) in [5, 5.41) is 2.97. The molecule has 0 atom stereocenters. The van der Waals surface area contributed by atoms with Crippen LogP contribution in [0.15, 0.2) is 40.2 Å². The second-order valence-electron chi connectivity index (χ2n) is 4.82. The molecule has 1 heterocycles. The molecule has 2 aromatic rings. The van der Waals surface area contributed by atoms with Crippen LogP contribution in [0, 0.1) is 6.92 Å². The van der Waals surface area contributed by atoms with E-state index in [0.717, 1.165) is 22.2 Å². The van der Waals surface area contributed by atoms with Gasteiger partial charge >= 0.3 is 0 Å². The topological polar surface area (TPSA) is 29.1 Å². The molecule has 106 valence electrons. The molecule has 0 aliphatic rings. The second kappa shape index (κ2) is 7.60. The zero-order valence-corrected chi connectivity index (χ0v) is 13.9. The Morgan fingerprint density at radius 1 is 1.20 bits per heavy atom. The van der Waals surface area contributed by atoms with Crippen molar-refractivity contribution >= 4 is 33.2 Å². The molecule has 0 unspecified atom stereocenters. The van der Waals surface area contributed by atoms with E-state index < -0.39 is 0 Å². The number of hydrogen-bond acceptors (Lipinski definition) is 2. The van der Waals surface area contributed by atoms with Gasteiger partial charge in [0.1, 0.15) is 0 Å². The minimum absolute atomic E-state index is 0.126. The first-order chi connectivity index (χ1) is 9.63. The molecule has 0 fully saturated rings. The monoisotopic (exact) mass is 351 g/mol. The number of carbonyl (C=O) groups excluding carboxylic acids is 1. The zero-order valence-electron chi connectivity index (χ0n) is 11.5. The number of aryl methyl sites for hydroxylation is 2. The number of nitrogens with one attached hydrogen (secondary N) is 1. The highest BCUT2D eigenvalue weighted by Crippen LogP contribution is 2.23. The fourth-order valence-corrected chi connectivity index (χ4v) is 3.43. The van der Waals surface area contributed by atoms with Crippen molar-refractivity contribution in [1.29, 1.82) is 0 Å². The zero-order chi connectivity index (χ0) is 14.4. The molecule has 1 amide bonds. The van der Waals surface area contributed by atoms with Gasteiger partial charge in [-0.05, 0) is 53.4 Å². The first-order valence-corrected chi connectivity index (χ1v) is 8.31. The molecular weight excluding hydrogens is 334 g/mol. The molecule has 0 saturated carbocycles. The lowest BCUT2D eigenvalue weighted by atomic mass is 10.1. The van der Waals surface area contributed by atoms with Crippen LogP contribution < -0.4 is 5.32 Å². The fourth-order valence-electron chi connectivity index (χ4n) is 1.90. The van der Waals surface area contributed by atoms with Gasteiger partial charge in [0.15, 0.2) is 0 Å². The van der Waals surface area contributed by atoms with Crippen molar-refractivity contribution in [2.24, 2.45) is 0 Å². The predicted molar refractivity (Wildman–Crippen MR) is 88.0 cm³/mol. The molecule has 0 saturated heterocycles. The Morgan fingerprint density at radius 2 is 1.95 bits per heavy atom. The van der Waals surface area contributed by atoms with Crippen LogP contribution in [0.2, 0.25) is 0 Å². The lowest BCUT2D eigenvalue weighted by molar-refractivity contribution is -0.121. The van der Waals surface area contributed by atoms with Gasteiger partial charge in [-0.1, -0.05) is 29.8 Å². The van der Waals surface area contributed by atoms with Crippen molar-refractivity contribution in [3.05, 3.63) is 56.2 Å². The molecule has 0 aliphatic heterocycles. The lowest BCUT2D eigenvalue weighted by Gasteiger charge is -2.05. The van der Waals surface area contributed by atoms with Crippen molar-refractivity contribution in [3.63, 3.8) is 0 Å². The SMILES string of the molecule is Cc1ccc(CNC(=O)CCCc2ccc(Br)s2)cc1. The Balaban J connectivity index is 1.66. The fraction of sp³-hybridized carbons (Fsp3) is 0.312. The van der Waals surface area contributed by atoms with Gasteiger partial charge in [-0.15, -0.1) is 11.3 Å². The van der Waals surface area contributed by atoms with Crippen LogP contribution in [0.5, 0.6) is 0 Å². The summed E-state index contributed by atoms with van der Waals surface area (Å²) in [7, 11) is 0. The van der Waals surface area contributed by atoms with Gasteiger partial charge in [0, 0.05) is 17.8 Å². The van der Waals surface area contributed by atoms with Gasteiger partial charge in [-0.25, -0.2) is 0 Å². The van der Waals surface area contributed by atoms with E-state index in [1.807, 2.05) is 0 Å². The van der Waals surface area contributed by atoms with Crippen molar-refractivity contribution in [2.45, 2.75) is 32.7 Å². The number of thiophene rings is 1. The summed E-state index contributed by atoms with van der Waals surface area (Å²) in [6.45, 7) is 2.68. The summed E-state index contributed by atoms with van der Waals surface area (Å²) in [6, 6.07) is 12.4. The standard InChI is InChI=1S/C16H18BrNOS/c1-12-5-7-13(8-6-12)11-18-16(19)4-2-3-14-9-10-15(17)20-14/h5-10H,2-4,11H2,1H3,(H,18,19). The van der Waals surface area contributed by atoms with E-state index in [2.05, 4.69) is 64.6 Å². The molecule has 4 heteroatoms. The summed E-state index contributed by atoms with van der Waals surface area (Å²) < 4.78 is 1.15. The van der Waals surface area contributed by atoms with Crippen molar-refractivity contribution in [3.8, 4) is 0 Å². The first-order valence-electron chi connectivity index (χ1n) is 6.70. The number of benzene rings is 1. The maximum atomic E-state index is 11.8. The highest BCUT2D eigenvalue weighted by molar-refractivity contribution is 9.11. The number of hydrogen-bond donors (Lipinski definition) is 1. The molecule has 1 N–H and O–H groups in total. The molecule has 20 heavy (non-hydrogen) atoms. The van der Waals surface area contributed by atoms with Gasteiger partial charge in [-0.3, -0.25) is 4.79 Å². The smallest absolute Gasteiger partial charge is 0.220 e. The number of rotatable bonds is 6. The van der Waals surface area contributed by atoms with E-state index >= 15 is 0 Å². The molecule has 1 aromatic heterocycles. The van der Waals surface area contributed by atoms with Crippen LogP contribution in [0.25, 0.3) is 0 Å². The number of carbonyl (C=O) groups is 1. The third-order valence-electron chi connectivity index (χ3n) is 3.07. The summed E-state index contributed by atoms with van der Waals surface area (Å²) in [4.78, 5) is 13.1. The van der Waals surface area contributed by atoms with Crippen LogP contribution in [-0.2, 0) is 17.8 Å². The third-order valence-corrected chi connectivity index (χ3v) is 4.75. The Kier molecular flexibility index (Phi) is 5.80. The maximum Gasteiger partial charge on any atom is 0.220 e. The van der Waals surface area contributed by atoms with Gasteiger partial charge < -0.3 is 5.32 Å². The third kappa shape index (κ3) is 5.10. The van der Waals surface area contributed by atoms with Crippen LogP contribution in [0.1, 0.15) is 28.8 Å². The second-order valence-corrected chi connectivity index (χ2v) is 7.37. The first kappa shape index (κ1) is 15.3. The minimum atomic E-state index is 0.126. The molecule has 1 aromatic carbocycles. The molecule has 2 rings (SSSR count). The van der Waals surface area contributed by atoms with E-state index in [4.69, 9.17) is 0 Å². The van der Waals surface area contributed by atoms with E-state index in [-0.39, 0.29) is 5.91 Å². The Labute approximate surface area is 132 Å². The van der Waals surface area contributed by atoms with Crippen LogP contribution in [0.4, 0.5) is 0 Å². The van der Waals surface area contributed by atoms with Gasteiger partial charge in [-0.2, -0.15) is 0 Å². The molecule has 0 bridgehead atoms. The van der Waals surface area contributed by atoms with Crippen LogP contribution >= 0.6 is 27.3 Å². The molecule has 2 nitrogen and oxygen atoms in total. The van der Waals surface area contributed by atoms with Gasteiger partial charge in [0.05, 0.1) is 3.79 Å². The average molecular weight is 352 g/mol. The molecule has 0 spiro atoms. The van der Waals surface area contributed by atoms with E-state index in [1.54, 1.807) is 11.3 Å². The summed E-state index contributed by atoms with van der Waals surface area (Å²) in [6.07, 6.45) is 2.45. The van der Waals surface area contributed by atoms with Crippen molar-refractivity contribution < 1.29 is 4.79 Å². The van der Waals surface area contributed by atoms with E-state index in [9.17, 15) is 4.79 Å². The number of amides is 1. The molecule has 0 radical (unpaired) electrons. The Bertz CT molecular complexity index is 562. The molecular formula is C16H18BrNOS. The highest BCUT2D eigenvalue weighted by atomic mass is 79.9. The van der Waals surface area contributed by atoms with Gasteiger partial charge in [0.25, 0.3) is 0 Å². The summed E-state index contributed by atoms with van der Waals surface area (Å²) in [5.41, 5.74) is 2.38. The Hall–Kier alpha value is -1.13. The quantitative estimate of drug-likeness (QED) is 0.817. The summed E-state index contributed by atoms with van der Waals surface area (Å²) >= 11 is 5.18. The Morgan fingerprint density at radius 3 is 2.60 bits per heavy atom. The highest BCUT2D eigenvalue weighted by Gasteiger charge is 2.03. The largest absolute Gasteiger partial charge is 0.352 e. The van der Waals surface area contributed by atoms with Crippen molar-refractivity contribution in [2.75, 3.05) is 0 Å². The number of halogens is 1. The predicted octanol–water partition coefficient (Wildman–Crippen LogP) is 4.46. The molecule has 0 aliphatic carbocycles. The van der Waals surface area contributed by atoms with Crippen LogP contribution in [-0.4, -0.2) is 5.91 Å². The van der Waals surface area contributed by atoms with Gasteiger partial charge in [0.2, 0.25) is 5.91 Å².